The molecule has 3 aromatic rings. The Kier molecular flexibility index (Phi) is 5.14. The number of likely N-dealkylation sites (tertiary alicyclic amines) is 1. The topological polar surface area (TPSA) is 76.8 Å². The number of piperidine rings is 1. The Bertz CT molecular complexity index is 957. The van der Waals surface area contributed by atoms with Gasteiger partial charge in [0, 0.05) is 50.6 Å². The van der Waals surface area contributed by atoms with Crippen molar-refractivity contribution < 1.29 is 4.79 Å². The molecule has 4 heterocycles. The largest absolute Gasteiger partial charge is 0.339 e. The van der Waals surface area contributed by atoms with E-state index in [0.717, 1.165) is 55.3 Å². The van der Waals surface area contributed by atoms with E-state index < -0.39 is 0 Å². The lowest BCUT2D eigenvalue weighted by atomic mass is 9.92. The van der Waals surface area contributed by atoms with Gasteiger partial charge in [0.2, 0.25) is 0 Å². The normalized spacial score (nSPS) is 15.0. The zero-order valence-corrected chi connectivity index (χ0v) is 16.2. The van der Waals surface area contributed by atoms with Crippen molar-refractivity contribution in [3.63, 3.8) is 0 Å². The molecular weight excluding hydrogens is 352 g/mol. The highest BCUT2D eigenvalue weighted by Gasteiger charge is 2.24. The number of amides is 1. The first kappa shape index (κ1) is 18.3. The van der Waals surface area contributed by atoms with Crippen LogP contribution in [0, 0.1) is 12.8 Å². The summed E-state index contributed by atoms with van der Waals surface area (Å²) < 4.78 is 1.94. The van der Waals surface area contributed by atoms with Crippen LogP contribution in [-0.2, 0) is 13.5 Å². The van der Waals surface area contributed by atoms with Crippen LogP contribution < -0.4 is 0 Å². The highest BCUT2D eigenvalue weighted by molar-refractivity contribution is 5.93. The average molecular weight is 376 g/mol. The molecule has 0 radical (unpaired) electrons. The average Bonchev–Trinajstić information content (AvgIpc) is 3.15. The van der Waals surface area contributed by atoms with E-state index in [-0.39, 0.29) is 5.91 Å². The molecule has 1 fully saturated rings. The third kappa shape index (κ3) is 3.93. The molecule has 0 aromatic carbocycles. The molecule has 3 aromatic heterocycles. The summed E-state index contributed by atoms with van der Waals surface area (Å²) in [5.41, 5.74) is 3.36. The summed E-state index contributed by atoms with van der Waals surface area (Å²) in [5.74, 6) is 1.40. The molecule has 1 saturated heterocycles. The van der Waals surface area contributed by atoms with Crippen molar-refractivity contribution in [3.8, 4) is 11.5 Å². The number of hydrogen-bond donors (Lipinski definition) is 0. The summed E-state index contributed by atoms with van der Waals surface area (Å²) in [6.45, 7) is 3.46. The fourth-order valence-corrected chi connectivity index (χ4v) is 3.64. The van der Waals surface area contributed by atoms with Crippen LogP contribution in [0.1, 0.15) is 34.6 Å². The molecule has 1 amide bonds. The molecule has 0 atom stereocenters. The first-order chi connectivity index (χ1) is 13.6. The third-order valence-corrected chi connectivity index (χ3v) is 5.29. The molecule has 0 aliphatic carbocycles. The molecule has 7 heteroatoms. The minimum atomic E-state index is 0.0718. The lowest BCUT2D eigenvalue weighted by molar-refractivity contribution is 0.0690. The van der Waals surface area contributed by atoms with Crippen molar-refractivity contribution in [3.05, 3.63) is 60.1 Å². The summed E-state index contributed by atoms with van der Waals surface area (Å²) in [5, 5.41) is 0. The summed E-state index contributed by atoms with van der Waals surface area (Å²) >= 11 is 0. The number of pyridine rings is 1. The predicted molar refractivity (Wildman–Crippen MR) is 106 cm³/mol. The summed E-state index contributed by atoms with van der Waals surface area (Å²) in [7, 11) is 1.95. The second kappa shape index (κ2) is 7.88. The van der Waals surface area contributed by atoms with Gasteiger partial charge in [0.15, 0.2) is 5.82 Å². The SMILES string of the molecule is Cc1ccc(C(=O)N2CCC(Cc3cncc(-c4nccn4C)n3)CC2)cn1. The van der Waals surface area contributed by atoms with Crippen molar-refractivity contribution in [2.75, 3.05) is 13.1 Å². The maximum atomic E-state index is 12.6. The van der Waals surface area contributed by atoms with Gasteiger partial charge in [-0.1, -0.05) is 0 Å². The molecule has 7 nitrogen and oxygen atoms in total. The molecule has 1 aliphatic heterocycles. The number of rotatable bonds is 4. The summed E-state index contributed by atoms with van der Waals surface area (Å²) in [6.07, 6.45) is 11.7. The number of aromatic nitrogens is 5. The molecule has 1 aliphatic rings. The van der Waals surface area contributed by atoms with Gasteiger partial charge in [0.25, 0.3) is 5.91 Å². The lowest BCUT2D eigenvalue weighted by Gasteiger charge is -2.32. The highest BCUT2D eigenvalue weighted by Crippen LogP contribution is 2.23. The molecule has 28 heavy (non-hydrogen) atoms. The van der Waals surface area contributed by atoms with Gasteiger partial charge in [-0.2, -0.15) is 0 Å². The zero-order valence-electron chi connectivity index (χ0n) is 16.2. The van der Waals surface area contributed by atoms with Gasteiger partial charge in [-0.3, -0.25) is 14.8 Å². The van der Waals surface area contributed by atoms with Gasteiger partial charge in [-0.05, 0) is 44.2 Å². The molecule has 144 valence electrons. The molecule has 0 unspecified atom stereocenters. The predicted octanol–water partition coefficient (Wildman–Crippen LogP) is 2.68. The van der Waals surface area contributed by atoms with Crippen LogP contribution in [0.15, 0.2) is 43.1 Å². The number of imidazole rings is 1. The Hall–Kier alpha value is -3.09. The van der Waals surface area contributed by atoms with E-state index in [1.54, 1.807) is 18.6 Å². The zero-order chi connectivity index (χ0) is 19.5. The van der Waals surface area contributed by atoms with Gasteiger partial charge in [-0.15, -0.1) is 0 Å². The van der Waals surface area contributed by atoms with Crippen molar-refractivity contribution >= 4 is 5.91 Å². The number of hydrogen-bond acceptors (Lipinski definition) is 5. The molecular formula is C21H24N6O. The fraction of sp³-hybridized carbons (Fsp3) is 0.381. The van der Waals surface area contributed by atoms with Gasteiger partial charge in [0.05, 0.1) is 17.5 Å². The minimum absolute atomic E-state index is 0.0718. The quantitative estimate of drug-likeness (QED) is 0.700. The molecule has 0 N–H and O–H groups in total. The second-order valence-electron chi connectivity index (χ2n) is 7.39. The molecule has 0 saturated carbocycles. The van der Waals surface area contributed by atoms with Gasteiger partial charge in [0.1, 0.15) is 5.69 Å². The van der Waals surface area contributed by atoms with E-state index >= 15 is 0 Å². The van der Waals surface area contributed by atoms with Crippen LogP contribution in [-0.4, -0.2) is 48.4 Å². The Balaban J connectivity index is 1.36. The van der Waals surface area contributed by atoms with Crippen molar-refractivity contribution in [2.45, 2.75) is 26.2 Å². The molecule has 0 bridgehead atoms. The minimum Gasteiger partial charge on any atom is -0.339 e. The van der Waals surface area contributed by atoms with Gasteiger partial charge >= 0.3 is 0 Å². The number of nitrogens with zero attached hydrogens (tertiary/aromatic N) is 6. The molecule has 4 rings (SSSR count). The van der Waals surface area contributed by atoms with E-state index in [1.807, 2.05) is 48.0 Å². The standard InChI is InChI=1S/C21H24N6O/c1-15-3-4-17(12-24-15)21(28)27-8-5-16(6-9-27)11-18-13-22-14-19(25-18)20-23-7-10-26(20)2/h3-4,7,10,12-14,16H,5-6,8-9,11H2,1-2H3. The van der Waals surface area contributed by atoms with E-state index in [0.29, 0.717) is 11.5 Å². The second-order valence-corrected chi connectivity index (χ2v) is 7.39. The van der Waals surface area contributed by atoms with Crippen LogP contribution >= 0.6 is 0 Å². The van der Waals surface area contributed by atoms with Gasteiger partial charge in [-0.25, -0.2) is 9.97 Å². The smallest absolute Gasteiger partial charge is 0.255 e. The Labute approximate surface area is 164 Å². The highest BCUT2D eigenvalue weighted by atomic mass is 16.2. The first-order valence-electron chi connectivity index (χ1n) is 9.60. The van der Waals surface area contributed by atoms with E-state index in [4.69, 9.17) is 4.98 Å². The van der Waals surface area contributed by atoms with Crippen molar-refractivity contribution in [1.82, 2.24) is 29.4 Å². The maximum absolute atomic E-state index is 12.6. The van der Waals surface area contributed by atoms with E-state index in [1.165, 1.54) is 0 Å². The number of carbonyl (C=O) groups is 1. The summed E-state index contributed by atoms with van der Waals surface area (Å²) in [6, 6.07) is 3.74. The van der Waals surface area contributed by atoms with Crippen molar-refractivity contribution in [1.29, 1.82) is 0 Å². The van der Waals surface area contributed by atoms with Crippen LogP contribution in [0.3, 0.4) is 0 Å². The fourth-order valence-electron chi connectivity index (χ4n) is 3.64. The van der Waals surface area contributed by atoms with Crippen molar-refractivity contribution in [2.24, 2.45) is 13.0 Å². The lowest BCUT2D eigenvalue weighted by Crippen LogP contribution is -2.39. The van der Waals surface area contributed by atoms with Crippen LogP contribution in [0.5, 0.6) is 0 Å². The first-order valence-corrected chi connectivity index (χ1v) is 9.60. The number of carbonyl (C=O) groups excluding carboxylic acids is 1. The van der Waals surface area contributed by atoms with E-state index in [2.05, 4.69) is 15.0 Å². The summed E-state index contributed by atoms with van der Waals surface area (Å²) in [4.78, 5) is 32.2. The van der Waals surface area contributed by atoms with Crippen LogP contribution in [0.2, 0.25) is 0 Å². The Morgan fingerprint density at radius 2 is 1.96 bits per heavy atom. The molecule has 0 spiro atoms. The number of aryl methyl sites for hydroxylation is 2. The monoisotopic (exact) mass is 376 g/mol. The Morgan fingerprint density at radius 1 is 1.14 bits per heavy atom. The van der Waals surface area contributed by atoms with Gasteiger partial charge < -0.3 is 9.47 Å². The van der Waals surface area contributed by atoms with Crippen LogP contribution in [0.25, 0.3) is 11.5 Å². The van der Waals surface area contributed by atoms with Crippen LogP contribution in [0.4, 0.5) is 0 Å². The maximum Gasteiger partial charge on any atom is 0.255 e. The third-order valence-electron chi connectivity index (χ3n) is 5.29. The van der Waals surface area contributed by atoms with E-state index in [9.17, 15) is 4.79 Å². The Morgan fingerprint density at radius 3 is 2.64 bits per heavy atom.